The van der Waals surface area contributed by atoms with Crippen molar-refractivity contribution in [1.82, 2.24) is 4.72 Å². The van der Waals surface area contributed by atoms with Crippen molar-refractivity contribution in [3.05, 3.63) is 35.1 Å². The number of nitrogens with zero attached hydrogens (tertiary/aromatic N) is 1. The quantitative estimate of drug-likeness (QED) is 0.870. The van der Waals surface area contributed by atoms with Gasteiger partial charge in [-0.2, -0.15) is 5.26 Å². The maximum atomic E-state index is 13.7. The molecule has 2 atom stereocenters. The second-order valence-corrected chi connectivity index (χ2v) is 7.16. The van der Waals surface area contributed by atoms with E-state index in [0.717, 1.165) is 12.1 Å². The van der Waals surface area contributed by atoms with Gasteiger partial charge in [0.15, 0.2) is 0 Å². The molecule has 1 aromatic carbocycles. The first-order valence-corrected chi connectivity index (χ1v) is 6.97. The third-order valence-electron chi connectivity index (χ3n) is 2.50. The third kappa shape index (κ3) is 4.13. The maximum absolute atomic E-state index is 13.7. The number of hydrogen-bond donors (Lipinski definition) is 1. The molecule has 0 saturated heterocycles. The van der Waals surface area contributed by atoms with Crippen LogP contribution in [0.4, 0.5) is 13.2 Å². The Balaban J connectivity index is 3.12. The second-order valence-electron chi connectivity index (χ2n) is 5.16. The molecular formula is C13H15F3N2OS. The summed E-state index contributed by atoms with van der Waals surface area (Å²) in [5.74, 6) is -0.868. The van der Waals surface area contributed by atoms with Gasteiger partial charge in [0.25, 0.3) is 6.43 Å². The molecule has 3 nitrogen and oxygen atoms in total. The van der Waals surface area contributed by atoms with Crippen LogP contribution in [0.5, 0.6) is 0 Å². The first-order valence-electron chi connectivity index (χ1n) is 5.82. The predicted molar refractivity (Wildman–Crippen MR) is 70.9 cm³/mol. The molecule has 1 aromatic rings. The Morgan fingerprint density at radius 2 is 1.95 bits per heavy atom. The number of halogens is 3. The van der Waals surface area contributed by atoms with Crippen molar-refractivity contribution in [3.63, 3.8) is 0 Å². The van der Waals surface area contributed by atoms with Gasteiger partial charge in [0.05, 0.1) is 11.6 Å². The molecule has 0 aromatic heterocycles. The van der Waals surface area contributed by atoms with Crippen LogP contribution in [0.2, 0.25) is 0 Å². The standard InChI is InChI=1S/C13H15F3N2OS/c1-13(2,3)20(19)18-11(12(15)16)9-6-8(7-17)4-5-10(9)14/h4-6,11-12,18H,1-3H3/t11-,20?/m0/s1. The van der Waals surface area contributed by atoms with Gasteiger partial charge in [-0.05, 0) is 39.0 Å². The summed E-state index contributed by atoms with van der Waals surface area (Å²) in [5.41, 5.74) is -0.299. The average molecular weight is 304 g/mol. The van der Waals surface area contributed by atoms with Crippen LogP contribution in [0.25, 0.3) is 0 Å². The lowest BCUT2D eigenvalue weighted by molar-refractivity contribution is 0.107. The fourth-order valence-corrected chi connectivity index (χ4v) is 2.21. The van der Waals surface area contributed by atoms with E-state index in [4.69, 9.17) is 5.26 Å². The Kier molecular flexibility index (Phi) is 5.45. The van der Waals surface area contributed by atoms with Crippen molar-refractivity contribution in [3.8, 4) is 6.07 Å². The molecule has 7 heteroatoms. The summed E-state index contributed by atoms with van der Waals surface area (Å²) in [4.78, 5) is 0. The van der Waals surface area contributed by atoms with E-state index in [0.29, 0.717) is 0 Å². The monoisotopic (exact) mass is 304 g/mol. The Hall–Kier alpha value is -1.23. The van der Waals surface area contributed by atoms with Gasteiger partial charge in [-0.15, -0.1) is 4.72 Å². The highest BCUT2D eigenvalue weighted by Crippen LogP contribution is 2.27. The average Bonchev–Trinajstić information content (AvgIpc) is 2.35. The topological polar surface area (TPSA) is 58.9 Å². The minimum absolute atomic E-state index is 0.0652. The molecule has 0 radical (unpaired) electrons. The van der Waals surface area contributed by atoms with E-state index in [-0.39, 0.29) is 11.1 Å². The van der Waals surface area contributed by atoms with Gasteiger partial charge in [-0.25, -0.2) is 13.2 Å². The van der Waals surface area contributed by atoms with Crippen molar-refractivity contribution >= 4 is 11.4 Å². The van der Waals surface area contributed by atoms with Gasteiger partial charge in [0.1, 0.15) is 16.6 Å². The molecule has 1 N–H and O–H groups in total. The largest absolute Gasteiger partial charge is 0.598 e. The van der Waals surface area contributed by atoms with Crippen LogP contribution in [0.3, 0.4) is 0 Å². The van der Waals surface area contributed by atoms with Gasteiger partial charge in [-0.1, -0.05) is 0 Å². The van der Waals surface area contributed by atoms with Crippen LogP contribution in [-0.2, 0) is 11.4 Å². The molecule has 0 heterocycles. The van der Waals surface area contributed by atoms with Crippen LogP contribution in [-0.4, -0.2) is 15.7 Å². The third-order valence-corrected chi connectivity index (χ3v) is 4.08. The van der Waals surface area contributed by atoms with E-state index < -0.39 is 34.4 Å². The van der Waals surface area contributed by atoms with Gasteiger partial charge in [0, 0.05) is 16.9 Å². The highest BCUT2D eigenvalue weighted by atomic mass is 32.2. The molecule has 0 aliphatic heterocycles. The van der Waals surface area contributed by atoms with E-state index in [1.807, 2.05) is 0 Å². The smallest absolute Gasteiger partial charge is 0.262 e. The van der Waals surface area contributed by atoms with E-state index in [1.165, 1.54) is 6.07 Å². The number of alkyl halides is 2. The second kappa shape index (κ2) is 6.48. The highest BCUT2D eigenvalue weighted by molar-refractivity contribution is 7.90. The lowest BCUT2D eigenvalue weighted by Gasteiger charge is -2.28. The zero-order valence-electron chi connectivity index (χ0n) is 11.3. The summed E-state index contributed by atoms with van der Waals surface area (Å²) in [6.07, 6.45) is -2.95. The zero-order valence-corrected chi connectivity index (χ0v) is 12.1. The number of nitriles is 1. The van der Waals surface area contributed by atoms with Crippen molar-refractivity contribution < 1.29 is 17.7 Å². The molecule has 110 valence electrons. The minimum Gasteiger partial charge on any atom is -0.598 e. The lowest BCUT2D eigenvalue weighted by atomic mass is 10.0. The van der Waals surface area contributed by atoms with Gasteiger partial charge < -0.3 is 4.55 Å². The molecule has 0 bridgehead atoms. The molecule has 0 fully saturated rings. The number of rotatable bonds is 4. The molecule has 1 unspecified atom stereocenters. The Bertz CT molecular complexity index is 511. The predicted octanol–water partition coefficient (Wildman–Crippen LogP) is 3.06. The van der Waals surface area contributed by atoms with Gasteiger partial charge in [-0.3, -0.25) is 0 Å². The van der Waals surface area contributed by atoms with Gasteiger partial charge >= 0.3 is 0 Å². The number of hydrogen-bond acceptors (Lipinski definition) is 3. The summed E-state index contributed by atoms with van der Waals surface area (Å²) in [6, 6.07) is 3.21. The van der Waals surface area contributed by atoms with E-state index in [9.17, 15) is 17.7 Å². The molecule has 20 heavy (non-hydrogen) atoms. The first-order chi connectivity index (χ1) is 9.16. The Morgan fingerprint density at radius 1 is 1.35 bits per heavy atom. The molecule has 0 aliphatic carbocycles. The first kappa shape index (κ1) is 16.8. The van der Waals surface area contributed by atoms with Crippen molar-refractivity contribution in [2.45, 2.75) is 38.0 Å². The molecule has 1 rings (SSSR count). The van der Waals surface area contributed by atoms with Crippen LogP contribution < -0.4 is 4.72 Å². The normalized spacial score (nSPS) is 14.9. The molecule has 0 spiro atoms. The Morgan fingerprint density at radius 3 is 2.40 bits per heavy atom. The molecule has 0 saturated carbocycles. The molecular weight excluding hydrogens is 289 g/mol. The van der Waals surface area contributed by atoms with E-state index >= 15 is 0 Å². The Labute approximate surface area is 119 Å². The summed E-state index contributed by atoms with van der Waals surface area (Å²) in [5, 5.41) is 8.74. The maximum Gasteiger partial charge on any atom is 0.262 e. The molecule has 0 aliphatic rings. The van der Waals surface area contributed by atoms with Crippen molar-refractivity contribution in [2.75, 3.05) is 0 Å². The van der Waals surface area contributed by atoms with Gasteiger partial charge in [0.2, 0.25) is 0 Å². The zero-order chi connectivity index (χ0) is 15.5. The van der Waals surface area contributed by atoms with E-state index in [1.54, 1.807) is 26.8 Å². The van der Waals surface area contributed by atoms with Crippen LogP contribution in [0, 0.1) is 17.1 Å². The number of benzene rings is 1. The lowest BCUT2D eigenvalue weighted by Crippen LogP contribution is -2.43. The summed E-state index contributed by atoms with van der Waals surface area (Å²) >= 11 is -1.78. The van der Waals surface area contributed by atoms with Crippen LogP contribution >= 0.6 is 0 Å². The van der Waals surface area contributed by atoms with Crippen molar-refractivity contribution in [1.29, 1.82) is 5.26 Å². The summed E-state index contributed by atoms with van der Waals surface area (Å²) in [6.45, 7) is 4.84. The summed E-state index contributed by atoms with van der Waals surface area (Å²) < 4.78 is 53.3. The van der Waals surface area contributed by atoms with Crippen LogP contribution in [0.15, 0.2) is 18.2 Å². The minimum atomic E-state index is -2.95. The SMILES string of the molecule is CC(C)(C)[S+]([O-])N[C@@H](c1cc(C#N)ccc1F)C(F)F. The molecule has 0 amide bonds. The number of nitrogens with one attached hydrogen (secondary N) is 1. The fraction of sp³-hybridized carbons (Fsp3) is 0.462. The van der Waals surface area contributed by atoms with Crippen LogP contribution in [0.1, 0.15) is 37.9 Å². The van der Waals surface area contributed by atoms with Crippen molar-refractivity contribution in [2.24, 2.45) is 0 Å². The fourth-order valence-electron chi connectivity index (χ4n) is 1.39. The highest BCUT2D eigenvalue weighted by Gasteiger charge is 2.35. The summed E-state index contributed by atoms with van der Waals surface area (Å²) in [7, 11) is 0. The van der Waals surface area contributed by atoms with E-state index in [2.05, 4.69) is 4.72 Å².